The maximum atomic E-state index is 12.5. The molecule has 2 atom stereocenters. The number of aliphatic hydroxyl groups excluding tert-OH is 1. The molecule has 6 heteroatoms. The summed E-state index contributed by atoms with van der Waals surface area (Å²) in [7, 11) is 2.62. The minimum Gasteiger partial charge on any atom is -0.467 e. The maximum absolute atomic E-state index is 12.5. The highest BCUT2D eigenvalue weighted by atomic mass is 16.6. The smallest absolute Gasteiger partial charge is 0.410 e. The third-order valence-corrected chi connectivity index (χ3v) is 4.94. The molecule has 0 aromatic heterocycles. The van der Waals surface area contributed by atoms with Crippen molar-refractivity contribution in [3.63, 3.8) is 0 Å². The largest absolute Gasteiger partial charge is 0.467 e. The lowest BCUT2D eigenvalue weighted by atomic mass is 9.98. The quantitative estimate of drug-likeness (QED) is 0.820. The Bertz CT molecular complexity index is 802. The van der Waals surface area contributed by atoms with Gasteiger partial charge in [-0.3, -0.25) is 4.90 Å². The van der Waals surface area contributed by atoms with E-state index >= 15 is 0 Å². The van der Waals surface area contributed by atoms with Crippen LogP contribution in [0, 0.1) is 0 Å². The molecule has 2 aromatic rings. The molecule has 0 unspecified atom stereocenters. The van der Waals surface area contributed by atoms with Crippen molar-refractivity contribution in [1.82, 2.24) is 4.90 Å². The van der Waals surface area contributed by atoms with Crippen LogP contribution in [-0.4, -0.2) is 55.0 Å². The molecule has 0 radical (unpaired) electrons. The lowest BCUT2D eigenvalue weighted by Crippen LogP contribution is -2.49. The van der Waals surface area contributed by atoms with Crippen molar-refractivity contribution in [2.75, 3.05) is 20.8 Å². The third-order valence-electron chi connectivity index (χ3n) is 4.94. The first kappa shape index (κ1) is 18.9. The predicted molar refractivity (Wildman–Crippen MR) is 100 cm³/mol. The second-order valence-corrected chi connectivity index (χ2v) is 6.62. The number of hydrogen-bond acceptors (Lipinski definition) is 5. The zero-order valence-electron chi connectivity index (χ0n) is 15.6. The standard InChI is InChI=1S/C21H23NO5/c1-13(23)19(20(24)26-3)22(2)21(25)27-12-18-16-10-6-4-8-14(16)15-9-5-7-11-17(15)18/h4-11,13,18-19,23H,12H2,1-3H3/t13-,19+/m1/s1. The number of rotatable bonds is 5. The lowest BCUT2D eigenvalue weighted by Gasteiger charge is -2.27. The molecule has 3 rings (SSSR count). The number of carbonyl (C=O) groups excluding carboxylic acids is 2. The van der Waals surface area contributed by atoms with E-state index in [9.17, 15) is 14.7 Å². The van der Waals surface area contributed by atoms with Crippen LogP contribution in [0.2, 0.25) is 0 Å². The Labute approximate surface area is 158 Å². The first-order chi connectivity index (χ1) is 13.0. The first-order valence-electron chi connectivity index (χ1n) is 8.79. The van der Waals surface area contributed by atoms with E-state index in [1.54, 1.807) is 0 Å². The summed E-state index contributed by atoms with van der Waals surface area (Å²) in [5.74, 6) is -0.765. The maximum Gasteiger partial charge on any atom is 0.410 e. The van der Waals surface area contributed by atoms with Crippen molar-refractivity contribution in [3.8, 4) is 11.1 Å². The topological polar surface area (TPSA) is 76.1 Å². The number of hydrogen-bond donors (Lipinski definition) is 1. The molecule has 1 amide bonds. The number of benzene rings is 2. The number of nitrogens with zero attached hydrogens (tertiary/aromatic N) is 1. The van der Waals surface area contributed by atoms with Crippen LogP contribution >= 0.6 is 0 Å². The molecule has 1 aliphatic rings. The van der Waals surface area contributed by atoms with Gasteiger partial charge in [0.15, 0.2) is 6.04 Å². The monoisotopic (exact) mass is 369 g/mol. The number of carbonyl (C=O) groups is 2. The van der Waals surface area contributed by atoms with E-state index in [-0.39, 0.29) is 12.5 Å². The van der Waals surface area contributed by atoms with Crippen LogP contribution in [-0.2, 0) is 14.3 Å². The number of esters is 1. The Kier molecular flexibility index (Phi) is 5.46. The molecule has 142 valence electrons. The zero-order chi connectivity index (χ0) is 19.6. The Morgan fingerprint density at radius 1 is 1.07 bits per heavy atom. The molecular formula is C21H23NO5. The average Bonchev–Trinajstić information content (AvgIpc) is 2.99. The second kappa shape index (κ2) is 7.80. The number of ether oxygens (including phenoxy) is 2. The Morgan fingerprint density at radius 3 is 2.07 bits per heavy atom. The van der Waals surface area contributed by atoms with E-state index in [0.717, 1.165) is 27.2 Å². The van der Waals surface area contributed by atoms with Gasteiger partial charge in [0.1, 0.15) is 6.61 Å². The summed E-state index contributed by atoms with van der Waals surface area (Å²) in [6.45, 7) is 1.57. The highest BCUT2D eigenvalue weighted by molar-refractivity contribution is 5.82. The molecule has 0 aliphatic heterocycles. The molecule has 6 nitrogen and oxygen atoms in total. The Morgan fingerprint density at radius 2 is 1.59 bits per heavy atom. The van der Waals surface area contributed by atoms with Gasteiger partial charge in [0, 0.05) is 13.0 Å². The average molecular weight is 369 g/mol. The molecule has 1 N–H and O–H groups in total. The van der Waals surface area contributed by atoms with Gasteiger partial charge >= 0.3 is 12.1 Å². The van der Waals surface area contributed by atoms with Crippen LogP contribution in [0.4, 0.5) is 4.79 Å². The highest BCUT2D eigenvalue weighted by Gasteiger charge is 2.34. The minimum absolute atomic E-state index is 0.0714. The predicted octanol–water partition coefficient (Wildman–Crippen LogP) is 2.79. The van der Waals surface area contributed by atoms with Crippen molar-refractivity contribution in [2.24, 2.45) is 0 Å². The van der Waals surface area contributed by atoms with Gasteiger partial charge in [-0.05, 0) is 29.2 Å². The van der Waals surface area contributed by atoms with Gasteiger partial charge in [0.2, 0.25) is 0 Å². The molecule has 0 fully saturated rings. The van der Waals surface area contributed by atoms with E-state index in [1.165, 1.54) is 21.1 Å². The molecule has 27 heavy (non-hydrogen) atoms. The van der Waals surface area contributed by atoms with E-state index in [2.05, 4.69) is 16.9 Å². The molecule has 0 saturated carbocycles. The van der Waals surface area contributed by atoms with Crippen LogP contribution in [0.3, 0.4) is 0 Å². The van der Waals surface area contributed by atoms with E-state index in [0.29, 0.717) is 0 Å². The molecule has 0 bridgehead atoms. The normalized spacial score (nSPS) is 14.7. The van der Waals surface area contributed by atoms with Crippen molar-refractivity contribution in [2.45, 2.75) is 25.0 Å². The van der Waals surface area contributed by atoms with Crippen LogP contribution in [0.25, 0.3) is 11.1 Å². The number of fused-ring (bicyclic) bond motifs is 3. The lowest BCUT2D eigenvalue weighted by molar-refractivity contribution is -0.149. The number of likely N-dealkylation sites (N-methyl/N-ethyl adjacent to an activating group) is 1. The Hall–Kier alpha value is -2.86. The summed E-state index contributed by atoms with van der Waals surface area (Å²) in [5.41, 5.74) is 4.49. The van der Waals surface area contributed by atoms with E-state index in [4.69, 9.17) is 4.74 Å². The van der Waals surface area contributed by atoms with Gasteiger partial charge in [-0.1, -0.05) is 48.5 Å². The third kappa shape index (κ3) is 3.53. The summed E-state index contributed by atoms with van der Waals surface area (Å²) < 4.78 is 10.2. The van der Waals surface area contributed by atoms with Crippen LogP contribution < -0.4 is 0 Å². The van der Waals surface area contributed by atoms with Gasteiger partial charge in [0.05, 0.1) is 13.2 Å². The van der Waals surface area contributed by atoms with Gasteiger partial charge in [-0.15, -0.1) is 0 Å². The van der Waals surface area contributed by atoms with Gasteiger partial charge < -0.3 is 14.6 Å². The zero-order valence-corrected chi connectivity index (χ0v) is 15.6. The minimum atomic E-state index is -1.12. The fourth-order valence-corrected chi connectivity index (χ4v) is 3.61. The molecule has 2 aromatic carbocycles. The number of methoxy groups -OCH3 is 1. The molecule has 0 heterocycles. The first-order valence-corrected chi connectivity index (χ1v) is 8.79. The van der Waals surface area contributed by atoms with Gasteiger partial charge in [0.25, 0.3) is 0 Å². The summed E-state index contributed by atoms with van der Waals surface area (Å²) in [6, 6.07) is 15.0. The van der Waals surface area contributed by atoms with Crippen molar-refractivity contribution >= 4 is 12.1 Å². The Balaban J connectivity index is 1.77. The summed E-state index contributed by atoms with van der Waals surface area (Å²) >= 11 is 0. The number of aliphatic hydroxyl groups is 1. The van der Waals surface area contributed by atoms with E-state index < -0.39 is 24.2 Å². The SMILES string of the molecule is COC(=O)[C@H]([C@@H](C)O)N(C)C(=O)OCC1c2ccccc2-c2ccccc21. The summed E-state index contributed by atoms with van der Waals surface area (Å²) in [6.07, 6.45) is -1.77. The fourth-order valence-electron chi connectivity index (χ4n) is 3.61. The van der Waals surface area contributed by atoms with Crippen LogP contribution in [0.5, 0.6) is 0 Å². The fraction of sp³-hybridized carbons (Fsp3) is 0.333. The van der Waals surface area contributed by atoms with Gasteiger partial charge in [-0.2, -0.15) is 0 Å². The van der Waals surface area contributed by atoms with Crippen molar-refractivity contribution in [1.29, 1.82) is 0 Å². The van der Waals surface area contributed by atoms with Crippen LogP contribution in [0.1, 0.15) is 24.0 Å². The highest BCUT2D eigenvalue weighted by Crippen LogP contribution is 2.44. The molecule has 0 spiro atoms. The molecule has 0 saturated heterocycles. The van der Waals surface area contributed by atoms with Crippen LogP contribution in [0.15, 0.2) is 48.5 Å². The molecular weight excluding hydrogens is 346 g/mol. The van der Waals surface area contributed by atoms with Crippen molar-refractivity contribution in [3.05, 3.63) is 59.7 Å². The number of amides is 1. The second-order valence-electron chi connectivity index (χ2n) is 6.62. The summed E-state index contributed by atoms with van der Waals surface area (Å²) in [5, 5.41) is 9.82. The van der Waals surface area contributed by atoms with Crippen molar-refractivity contribution < 1.29 is 24.2 Å². The summed E-state index contributed by atoms with van der Waals surface area (Å²) in [4.78, 5) is 25.4. The van der Waals surface area contributed by atoms with Gasteiger partial charge in [-0.25, -0.2) is 9.59 Å². The molecule has 1 aliphatic carbocycles. The van der Waals surface area contributed by atoms with E-state index in [1.807, 2.05) is 36.4 Å².